The Morgan fingerprint density at radius 2 is 2.00 bits per heavy atom. The van der Waals surface area contributed by atoms with Crippen molar-refractivity contribution < 1.29 is 10.2 Å². The Labute approximate surface area is 62.9 Å². The zero-order valence-electron chi connectivity index (χ0n) is 6.71. The number of hydrogen-bond donors (Lipinski definition) is 2. The molecule has 0 bridgehead atoms. The van der Waals surface area contributed by atoms with E-state index in [2.05, 4.69) is 6.92 Å². The fourth-order valence-electron chi connectivity index (χ4n) is 0.898. The monoisotopic (exact) mass is 148 g/mol. The molecule has 0 saturated carbocycles. The van der Waals surface area contributed by atoms with Crippen molar-refractivity contribution in [3.05, 3.63) is 0 Å². The van der Waals surface area contributed by atoms with E-state index in [9.17, 15) is 0 Å². The highest BCUT2D eigenvalue weighted by Gasteiger charge is 1.99. The number of aliphatic hydroxyl groups excluding tert-OH is 2. The normalized spacial score (nSPS) is 13.5. The first-order chi connectivity index (χ1) is 4.81. The Morgan fingerprint density at radius 3 is 2.50 bits per heavy atom. The average Bonchev–Trinajstić information content (AvgIpc) is 1.98. The molecule has 0 aromatic heterocycles. The van der Waals surface area contributed by atoms with Crippen LogP contribution in [-0.4, -0.2) is 22.9 Å². The molecule has 0 aromatic rings. The second kappa shape index (κ2) is 7.03. The van der Waals surface area contributed by atoms with Gasteiger partial charge in [-0.2, -0.15) is 0 Å². The molecule has 1 unspecified atom stereocenters. The van der Waals surface area contributed by atoms with Crippen molar-refractivity contribution >= 4 is 0 Å². The Kier molecular flexibility index (Phi) is 6.98. The molecule has 0 aliphatic rings. The van der Waals surface area contributed by atoms with Crippen LogP contribution in [0.1, 0.15) is 39.0 Å². The molecule has 0 aliphatic carbocycles. The van der Waals surface area contributed by atoms with Crippen molar-refractivity contribution in [2.24, 2.45) is 0 Å². The van der Waals surface area contributed by atoms with Gasteiger partial charge in [0.25, 0.3) is 0 Å². The lowest BCUT2D eigenvalue weighted by atomic mass is 10.1. The Balaban J connectivity index is 2.89. The van der Waals surface area contributed by atoms with Gasteiger partial charge < -0.3 is 10.2 Å². The largest absolute Gasteiger partial charge is 0.394 e. The lowest BCUT2D eigenvalue weighted by Crippen LogP contribution is -2.10. The molecule has 2 heteroatoms. The molecular formula is C8H18O2. The maximum atomic E-state index is 8.91. The quantitative estimate of drug-likeness (QED) is 0.440. The van der Waals surface area contributed by atoms with E-state index in [4.69, 9.17) is 10.2 Å². The molecule has 0 saturated heterocycles. The zero-order valence-corrected chi connectivity index (χ0v) is 6.71. The third-order valence-corrected chi connectivity index (χ3v) is 1.60. The molecule has 0 radical (unpaired) electrons. The molecule has 0 aliphatic heterocycles. The van der Waals surface area contributed by atoms with Gasteiger partial charge in [0.2, 0.25) is 0 Å². The van der Waals surface area contributed by atoms with Crippen LogP contribution in [0.3, 0.4) is 0 Å². The molecule has 2 N–H and O–H groups in total. The van der Waals surface area contributed by atoms with Gasteiger partial charge in [-0.05, 0) is 6.42 Å². The third kappa shape index (κ3) is 6.05. The zero-order chi connectivity index (χ0) is 7.82. The van der Waals surface area contributed by atoms with Crippen molar-refractivity contribution in [3.8, 4) is 0 Å². The highest BCUT2D eigenvalue weighted by atomic mass is 18.2. The number of unbranched alkanes of at least 4 members (excludes halogenated alkanes) is 3. The van der Waals surface area contributed by atoms with Crippen molar-refractivity contribution in [2.75, 3.05) is 6.61 Å². The molecule has 0 aromatic carbocycles. The lowest BCUT2D eigenvalue weighted by molar-refractivity contribution is 0.0860. The second-order valence-corrected chi connectivity index (χ2v) is 2.69. The van der Waals surface area contributed by atoms with Gasteiger partial charge in [0.05, 0.1) is 12.7 Å². The van der Waals surface area contributed by atoms with Gasteiger partial charge in [0.15, 0.2) is 0 Å². The van der Waals surface area contributed by atoms with Crippen LogP contribution in [0.5, 0.6) is 0 Å². The first-order valence-corrected chi connectivity index (χ1v) is 4.10. The van der Waals surface area contributed by atoms with E-state index in [1.807, 2.05) is 0 Å². The van der Waals surface area contributed by atoms with Crippen LogP contribution in [0.15, 0.2) is 0 Å². The van der Waals surface area contributed by atoms with Gasteiger partial charge >= 0.3 is 0 Å². The summed E-state index contributed by atoms with van der Waals surface area (Å²) in [5.74, 6) is 0. The van der Waals surface area contributed by atoms with Crippen molar-refractivity contribution in [1.82, 2.24) is 0 Å². The molecule has 0 rings (SSSR count). The summed E-state index contributed by atoms with van der Waals surface area (Å²) >= 11 is 0. The maximum Gasteiger partial charge on any atom is 0.0770 e. The first-order valence-electron chi connectivity index (χ1n) is 4.10. The summed E-state index contributed by atoms with van der Waals surface area (Å²) in [5, 5.41) is 17.3. The molecule has 0 spiro atoms. The molecule has 0 fully saturated rings. The summed E-state index contributed by atoms with van der Waals surface area (Å²) in [6.45, 7) is 2.06. The molecule has 10 heavy (non-hydrogen) atoms. The van der Waals surface area contributed by atoms with E-state index in [-0.39, 0.29) is 6.61 Å². The summed E-state index contributed by atoms with van der Waals surface area (Å²) in [6.07, 6.45) is 4.92. The predicted octanol–water partition coefficient (Wildman–Crippen LogP) is 1.31. The maximum absolute atomic E-state index is 8.91. The summed E-state index contributed by atoms with van der Waals surface area (Å²) < 4.78 is 0. The van der Waals surface area contributed by atoms with Crippen LogP contribution >= 0.6 is 0 Å². The Hall–Kier alpha value is -0.0800. The number of hydrogen-bond acceptors (Lipinski definition) is 2. The van der Waals surface area contributed by atoms with Crippen LogP contribution in [-0.2, 0) is 0 Å². The summed E-state index contributed by atoms with van der Waals surface area (Å²) in [4.78, 5) is 0. The third-order valence-electron chi connectivity index (χ3n) is 1.60. The van der Waals surface area contributed by atoms with E-state index >= 15 is 0 Å². The van der Waals surface area contributed by atoms with Gasteiger partial charge in [-0.1, -0.05) is 32.6 Å². The molecule has 62 valence electrons. The van der Waals surface area contributed by atoms with Crippen molar-refractivity contribution in [2.45, 2.75) is 45.1 Å². The molecule has 0 heterocycles. The Bertz CT molecular complexity index is 64.3. The average molecular weight is 148 g/mol. The van der Waals surface area contributed by atoms with Crippen molar-refractivity contribution in [3.63, 3.8) is 0 Å². The molecular weight excluding hydrogens is 130 g/mol. The highest BCUT2D eigenvalue weighted by Crippen LogP contribution is 2.04. The Morgan fingerprint density at radius 1 is 1.30 bits per heavy atom. The number of aliphatic hydroxyl groups is 2. The van der Waals surface area contributed by atoms with Crippen LogP contribution in [0.25, 0.3) is 0 Å². The van der Waals surface area contributed by atoms with Gasteiger partial charge in [0.1, 0.15) is 0 Å². The van der Waals surface area contributed by atoms with E-state index in [1.54, 1.807) is 0 Å². The van der Waals surface area contributed by atoms with E-state index in [1.165, 1.54) is 19.3 Å². The minimum Gasteiger partial charge on any atom is -0.394 e. The number of rotatable bonds is 6. The van der Waals surface area contributed by atoms with E-state index in [0.29, 0.717) is 0 Å². The summed E-state index contributed by atoms with van der Waals surface area (Å²) in [7, 11) is 0. The topological polar surface area (TPSA) is 40.5 Å². The predicted molar refractivity (Wildman–Crippen MR) is 41.9 cm³/mol. The second-order valence-electron chi connectivity index (χ2n) is 2.69. The van der Waals surface area contributed by atoms with Crippen LogP contribution in [0, 0.1) is 0 Å². The van der Waals surface area contributed by atoms with Crippen molar-refractivity contribution in [1.29, 1.82) is 0 Å². The van der Waals surface area contributed by atoms with Gasteiger partial charge in [0, 0.05) is 0 Å². The van der Waals surface area contributed by atoms with Gasteiger partial charge in [-0.3, -0.25) is 0 Å². The van der Waals surface area contributed by atoms with Gasteiger partial charge in [-0.25, -0.2) is 0 Å². The minimum absolute atomic E-state index is 0.0911. The molecule has 2 nitrogen and oxygen atoms in total. The van der Waals surface area contributed by atoms with E-state index in [0.717, 1.165) is 12.8 Å². The minimum atomic E-state index is -0.489. The molecule has 0 amide bonds. The fourth-order valence-corrected chi connectivity index (χ4v) is 0.898. The SMILES string of the molecule is CCCCCCC([18OH])CO. The molecule has 1 atom stereocenters. The first kappa shape index (κ1) is 9.92. The van der Waals surface area contributed by atoms with Gasteiger partial charge in [-0.15, -0.1) is 0 Å². The smallest absolute Gasteiger partial charge is 0.0770 e. The highest BCUT2D eigenvalue weighted by molar-refractivity contribution is 4.52. The standard InChI is InChI=1S/C8H18O2/c1-2-3-4-5-6-8(10)7-9/h8-10H,2-7H2,1H3/i10+2. The summed E-state index contributed by atoms with van der Waals surface area (Å²) in [5.41, 5.74) is 0. The van der Waals surface area contributed by atoms with E-state index < -0.39 is 6.10 Å². The fraction of sp³-hybridized carbons (Fsp3) is 1.00. The van der Waals surface area contributed by atoms with Crippen LogP contribution < -0.4 is 0 Å². The lowest BCUT2D eigenvalue weighted by Gasteiger charge is -2.04. The summed E-state index contributed by atoms with van der Waals surface area (Å²) in [6, 6.07) is 0. The van der Waals surface area contributed by atoms with Crippen LogP contribution in [0.2, 0.25) is 0 Å². The van der Waals surface area contributed by atoms with Crippen LogP contribution in [0.4, 0.5) is 0 Å².